The smallest absolute Gasteiger partial charge is 0.252 e. The average Bonchev–Trinajstić information content (AvgIpc) is 2.64. The maximum Gasteiger partial charge on any atom is 0.252 e. The number of benzene rings is 1. The Morgan fingerprint density at radius 1 is 1.60 bits per heavy atom. The summed E-state index contributed by atoms with van der Waals surface area (Å²) in [5, 5.41) is 10.7. The molecule has 0 aliphatic heterocycles. The lowest BCUT2D eigenvalue weighted by molar-refractivity contribution is 0.0957. The fraction of sp³-hybridized carbons (Fsp3) is 0.200. The Morgan fingerprint density at radius 3 is 3.13 bits per heavy atom. The van der Waals surface area contributed by atoms with Gasteiger partial charge in [-0.15, -0.1) is 0 Å². The van der Waals surface area contributed by atoms with Crippen molar-refractivity contribution in [2.75, 3.05) is 6.54 Å². The number of halogens is 1. The Labute approximate surface area is 91.6 Å². The summed E-state index contributed by atoms with van der Waals surface area (Å²) in [5.41, 5.74) is 1.32. The normalized spacial score (nSPS) is 10.5. The maximum absolute atomic E-state index is 11.7. The van der Waals surface area contributed by atoms with E-state index < -0.39 is 0 Å². The number of aromatic nitrogens is 2. The predicted octanol–water partition coefficient (Wildman–Crippen LogP) is 1.97. The van der Waals surface area contributed by atoms with Gasteiger partial charge in [-0.25, -0.2) is 0 Å². The van der Waals surface area contributed by atoms with Crippen LogP contribution in [0.2, 0.25) is 5.02 Å². The number of nitrogens with zero attached hydrogens (tertiary/aromatic N) is 1. The molecule has 0 radical (unpaired) electrons. The number of H-pyrrole nitrogens is 1. The third-order valence-corrected chi connectivity index (χ3v) is 2.32. The van der Waals surface area contributed by atoms with Crippen molar-refractivity contribution in [1.82, 2.24) is 15.5 Å². The molecule has 2 N–H and O–H groups in total. The molecule has 2 aromatic rings. The highest BCUT2D eigenvalue weighted by atomic mass is 35.5. The molecule has 1 aromatic carbocycles. The maximum atomic E-state index is 11.7. The van der Waals surface area contributed by atoms with Crippen LogP contribution in [-0.4, -0.2) is 22.6 Å². The van der Waals surface area contributed by atoms with E-state index in [1.54, 1.807) is 18.3 Å². The zero-order valence-electron chi connectivity index (χ0n) is 8.17. The molecule has 0 atom stereocenters. The molecule has 0 unspecified atom stereocenters. The molecule has 1 heterocycles. The summed E-state index contributed by atoms with van der Waals surface area (Å²) in [6.07, 6.45) is 1.62. The Morgan fingerprint density at radius 2 is 2.40 bits per heavy atom. The first kappa shape index (κ1) is 9.98. The van der Waals surface area contributed by atoms with Gasteiger partial charge in [0.15, 0.2) is 0 Å². The van der Waals surface area contributed by atoms with Crippen LogP contribution in [-0.2, 0) is 0 Å². The second kappa shape index (κ2) is 3.90. The third kappa shape index (κ3) is 1.80. The second-order valence-corrected chi connectivity index (χ2v) is 3.58. The van der Waals surface area contributed by atoms with Gasteiger partial charge in [0.25, 0.3) is 5.91 Å². The summed E-state index contributed by atoms with van der Waals surface area (Å²) in [5.74, 6) is -0.133. The van der Waals surface area contributed by atoms with Crippen molar-refractivity contribution in [1.29, 1.82) is 0 Å². The van der Waals surface area contributed by atoms with Gasteiger partial charge in [-0.2, -0.15) is 5.10 Å². The molecule has 0 bridgehead atoms. The summed E-state index contributed by atoms with van der Waals surface area (Å²) in [6, 6.07) is 3.39. The monoisotopic (exact) mass is 223 g/mol. The largest absolute Gasteiger partial charge is 0.352 e. The number of rotatable bonds is 2. The lowest BCUT2D eigenvalue weighted by Crippen LogP contribution is -2.22. The van der Waals surface area contributed by atoms with E-state index in [1.807, 2.05) is 6.92 Å². The van der Waals surface area contributed by atoms with Gasteiger partial charge in [-0.3, -0.25) is 9.89 Å². The highest BCUT2D eigenvalue weighted by Crippen LogP contribution is 2.21. The minimum Gasteiger partial charge on any atom is -0.352 e. The first-order chi connectivity index (χ1) is 7.22. The van der Waals surface area contributed by atoms with Crippen LogP contribution in [0.3, 0.4) is 0 Å². The number of fused-ring (bicyclic) bond motifs is 1. The highest BCUT2D eigenvalue weighted by Gasteiger charge is 2.11. The molecule has 0 saturated carbocycles. The molecular formula is C10H10ClN3O. The van der Waals surface area contributed by atoms with E-state index in [9.17, 15) is 4.79 Å². The van der Waals surface area contributed by atoms with Gasteiger partial charge in [-0.1, -0.05) is 11.6 Å². The summed E-state index contributed by atoms with van der Waals surface area (Å²) < 4.78 is 0. The van der Waals surface area contributed by atoms with Gasteiger partial charge in [0, 0.05) is 17.0 Å². The Balaban J connectivity index is 2.57. The van der Waals surface area contributed by atoms with Crippen LogP contribution in [0, 0.1) is 0 Å². The van der Waals surface area contributed by atoms with Crippen LogP contribution in [0.4, 0.5) is 0 Å². The van der Waals surface area contributed by atoms with Crippen molar-refractivity contribution >= 4 is 28.4 Å². The predicted molar refractivity (Wildman–Crippen MR) is 59.1 cm³/mol. The number of aromatic amines is 1. The molecule has 4 nitrogen and oxygen atoms in total. The van der Waals surface area contributed by atoms with Crippen LogP contribution >= 0.6 is 11.6 Å². The first-order valence-corrected chi connectivity index (χ1v) is 5.01. The summed E-state index contributed by atoms with van der Waals surface area (Å²) in [4.78, 5) is 11.7. The fourth-order valence-corrected chi connectivity index (χ4v) is 1.68. The number of hydrogen-bond donors (Lipinski definition) is 2. The van der Waals surface area contributed by atoms with Crippen LogP contribution in [0.1, 0.15) is 17.3 Å². The molecule has 0 aliphatic rings. The highest BCUT2D eigenvalue weighted by molar-refractivity contribution is 6.32. The van der Waals surface area contributed by atoms with Gasteiger partial charge >= 0.3 is 0 Å². The molecule has 2 rings (SSSR count). The van der Waals surface area contributed by atoms with Crippen molar-refractivity contribution in [2.24, 2.45) is 0 Å². The SMILES string of the molecule is CCNC(=O)c1cc(Cl)cc2[nH]ncc12. The number of amides is 1. The van der Waals surface area contributed by atoms with Crippen molar-refractivity contribution in [3.63, 3.8) is 0 Å². The third-order valence-electron chi connectivity index (χ3n) is 2.11. The molecule has 1 amide bonds. The molecule has 15 heavy (non-hydrogen) atoms. The lowest BCUT2D eigenvalue weighted by atomic mass is 10.1. The van der Waals surface area contributed by atoms with Crippen LogP contribution in [0.15, 0.2) is 18.3 Å². The zero-order chi connectivity index (χ0) is 10.8. The zero-order valence-corrected chi connectivity index (χ0v) is 8.93. The van der Waals surface area contributed by atoms with Crippen molar-refractivity contribution in [3.05, 3.63) is 28.9 Å². The minimum atomic E-state index is -0.133. The van der Waals surface area contributed by atoms with Crippen LogP contribution in [0.5, 0.6) is 0 Å². The molecular weight excluding hydrogens is 214 g/mol. The van der Waals surface area contributed by atoms with E-state index in [0.29, 0.717) is 17.1 Å². The summed E-state index contributed by atoms with van der Waals surface area (Å²) >= 11 is 5.90. The lowest BCUT2D eigenvalue weighted by Gasteiger charge is -2.03. The standard InChI is InChI=1S/C10H10ClN3O/c1-2-12-10(15)7-3-6(11)4-9-8(7)5-13-14-9/h3-5H,2H2,1H3,(H,12,15)(H,13,14). The summed E-state index contributed by atoms with van der Waals surface area (Å²) in [6.45, 7) is 2.46. The quantitative estimate of drug-likeness (QED) is 0.818. The van der Waals surface area contributed by atoms with Crippen LogP contribution in [0.25, 0.3) is 10.9 Å². The molecule has 0 fully saturated rings. The van der Waals surface area contributed by atoms with Gasteiger partial charge in [-0.05, 0) is 19.1 Å². The number of carbonyl (C=O) groups excluding carboxylic acids is 1. The molecule has 0 aliphatic carbocycles. The molecule has 1 aromatic heterocycles. The number of carbonyl (C=O) groups is 1. The van der Waals surface area contributed by atoms with Gasteiger partial charge in [0.2, 0.25) is 0 Å². The van der Waals surface area contributed by atoms with E-state index in [0.717, 1.165) is 10.9 Å². The van der Waals surface area contributed by atoms with E-state index in [2.05, 4.69) is 15.5 Å². The van der Waals surface area contributed by atoms with E-state index in [-0.39, 0.29) is 5.91 Å². The van der Waals surface area contributed by atoms with Gasteiger partial charge < -0.3 is 5.32 Å². The average molecular weight is 224 g/mol. The Kier molecular flexibility index (Phi) is 2.60. The van der Waals surface area contributed by atoms with E-state index in [4.69, 9.17) is 11.6 Å². The molecule has 5 heteroatoms. The van der Waals surface area contributed by atoms with Gasteiger partial charge in [0.05, 0.1) is 17.3 Å². The second-order valence-electron chi connectivity index (χ2n) is 3.14. The fourth-order valence-electron chi connectivity index (χ4n) is 1.46. The van der Waals surface area contributed by atoms with Crippen molar-refractivity contribution in [3.8, 4) is 0 Å². The Hall–Kier alpha value is -1.55. The number of nitrogens with one attached hydrogen (secondary N) is 2. The van der Waals surface area contributed by atoms with Crippen molar-refractivity contribution in [2.45, 2.75) is 6.92 Å². The molecule has 0 saturated heterocycles. The molecule has 0 spiro atoms. The molecule has 78 valence electrons. The van der Waals surface area contributed by atoms with E-state index >= 15 is 0 Å². The number of hydrogen-bond acceptors (Lipinski definition) is 2. The Bertz CT molecular complexity index is 506. The topological polar surface area (TPSA) is 57.8 Å². The minimum absolute atomic E-state index is 0.133. The van der Waals surface area contributed by atoms with Crippen LogP contribution < -0.4 is 5.32 Å². The summed E-state index contributed by atoms with van der Waals surface area (Å²) in [7, 11) is 0. The van der Waals surface area contributed by atoms with Gasteiger partial charge in [0.1, 0.15) is 0 Å². The van der Waals surface area contributed by atoms with E-state index in [1.165, 1.54) is 0 Å². The first-order valence-electron chi connectivity index (χ1n) is 4.63. The van der Waals surface area contributed by atoms with Crippen molar-refractivity contribution < 1.29 is 4.79 Å².